The maximum absolute atomic E-state index is 12.7. The van der Waals surface area contributed by atoms with E-state index in [2.05, 4.69) is 25.8 Å². The van der Waals surface area contributed by atoms with Crippen molar-refractivity contribution in [3.05, 3.63) is 78.9 Å². The molecule has 0 fully saturated rings. The third kappa shape index (κ3) is 3.96. The zero-order valence-corrected chi connectivity index (χ0v) is 17.4. The van der Waals surface area contributed by atoms with Crippen molar-refractivity contribution in [1.29, 1.82) is 0 Å². The minimum absolute atomic E-state index is 0.0593. The normalized spacial score (nSPS) is 10.7. The highest BCUT2D eigenvalue weighted by atomic mass is 32.1. The average molecular weight is 457 g/mol. The second-order valence-corrected chi connectivity index (χ2v) is 8.06. The summed E-state index contributed by atoms with van der Waals surface area (Å²) >= 11 is 11.2. The van der Waals surface area contributed by atoms with Gasteiger partial charge in [0.05, 0.1) is 16.6 Å². The summed E-state index contributed by atoms with van der Waals surface area (Å²) in [6.07, 6.45) is 0. The number of fused-ring (bicyclic) bond motifs is 1. The largest absolute Gasteiger partial charge is 0.333 e. The number of nitrogens with zero attached hydrogens (tertiary/aromatic N) is 2. The number of benzene rings is 2. The van der Waals surface area contributed by atoms with Crippen molar-refractivity contribution in [2.24, 2.45) is 0 Å². The van der Waals surface area contributed by atoms with E-state index in [1.807, 2.05) is 0 Å². The Morgan fingerprint density at radius 2 is 1.83 bits per heavy atom. The molecular weight excluding hydrogens is 444 g/mol. The third-order valence-corrected chi connectivity index (χ3v) is 5.29. The van der Waals surface area contributed by atoms with Gasteiger partial charge in [-0.3, -0.25) is 20.0 Å². The Morgan fingerprint density at radius 3 is 2.53 bits per heavy atom. The first-order chi connectivity index (χ1) is 14.4. The highest BCUT2D eigenvalue weighted by molar-refractivity contribution is 7.80. The zero-order chi connectivity index (χ0) is 21.3. The van der Waals surface area contributed by atoms with Crippen molar-refractivity contribution in [2.75, 3.05) is 5.32 Å². The molecule has 0 saturated heterocycles. The fraction of sp³-hybridized carbons (Fsp3) is 0. The zero-order valence-electron chi connectivity index (χ0n) is 15.0. The highest BCUT2D eigenvalue weighted by Gasteiger charge is 2.12. The molecule has 1 amide bonds. The van der Waals surface area contributed by atoms with Crippen LogP contribution >= 0.6 is 35.8 Å². The minimum Gasteiger partial charge on any atom is -0.307 e. The Labute approximate surface area is 182 Å². The summed E-state index contributed by atoms with van der Waals surface area (Å²) in [4.78, 5) is 40.2. The van der Waals surface area contributed by atoms with Gasteiger partial charge in [-0.05, 0) is 60.8 Å². The number of hydrogen-bond acceptors (Lipinski definition) is 7. The molecule has 4 aromatic rings. The summed E-state index contributed by atoms with van der Waals surface area (Å²) in [5.74, 6) is -0.460. The van der Waals surface area contributed by atoms with Gasteiger partial charge in [-0.2, -0.15) is 0 Å². The number of aromatic nitrogens is 4. The SMILES string of the molecule is O=C(NC(=S)Nc1n[nH]c(=S)s1)c1ccc(-n2c(=O)[nH]c3ccccc3c2=O)cc1. The van der Waals surface area contributed by atoms with Crippen LogP contribution in [-0.2, 0) is 0 Å². The Morgan fingerprint density at radius 1 is 1.10 bits per heavy atom. The molecule has 0 aliphatic carbocycles. The number of thiocarbonyl (C=S) groups is 1. The van der Waals surface area contributed by atoms with Gasteiger partial charge in [0.15, 0.2) is 9.07 Å². The van der Waals surface area contributed by atoms with Gasteiger partial charge in [0.1, 0.15) is 0 Å². The number of H-pyrrole nitrogens is 2. The first-order valence-corrected chi connectivity index (χ1v) is 10.1. The van der Waals surface area contributed by atoms with Gasteiger partial charge < -0.3 is 10.3 Å². The number of hydrogen-bond donors (Lipinski definition) is 4. The van der Waals surface area contributed by atoms with E-state index in [4.69, 9.17) is 24.4 Å². The smallest absolute Gasteiger partial charge is 0.307 e. The van der Waals surface area contributed by atoms with Crippen molar-refractivity contribution >= 4 is 62.8 Å². The molecular formula is C18H12N6O3S3. The van der Waals surface area contributed by atoms with Gasteiger partial charge in [0, 0.05) is 5.56 Å². The number of anilines is 1. The van der Waals surface area contributed by atoms with Crippen molar-refractivity contribution < 1.29 is 4.79 Å². The Hall–Kier alpha value is -3.48. The predicted molar refractivity (Wildman–Crippen MR) is 121 cm³/mol. The Kier molecular flexibility index (Phi) is 5.35. The van der Waals surface area contributed by atoms with E-state index in [9.17, 15) is 14.4 Å². The quantitative estimate of drug-likeness (QED) is 0.349. The number of para-hydroxylation sites is 1. The van der Waals surface area contributed by atoms with Gasteiger partial charge in [-0.1, -0.05) is 23.5 Å². The number of rotatable bonds is 3. The number of carbonyl (C=O) groups excluding carboxylic acids is 1. The lowest BCUT2D eigenvalue weighted by molar-refractivity contribution is 0.0977. The molecule has 9 nitrogen and oxygen atoms in total. The van der Waals surface area contributed by atoms with Crippen LogP contribution in [0.1, 0.15) is 10.4 Å². The molecule has 0 aliphatic rings. The van der Waals surface area contributed by atoms with E-state index in [0.29, 0.717) is 31.2 Å². The molecule has 0 unspecified atom stereocenters. The fourth-order valence-electron chi connectivity index (χ4n) is 2.75. The van der Waals surface area contributed by atoms with Crippen LogP contribution in [0.15, 0.2) is 58.1 Å². The van der Waals surface area contributed by atoms with Crippen LogP contribution in [0.4, 0.5) is 5.13 Å². The van der Waals surface area contributed by atoms with Crippen LogP contribution in [-0.4, -0.2) is 30.8 Å². The van der Waals surface area contributed by atoms with Gasteiger partial charge in [0.25, 0.3) is 11.5 Å². The first kappa shape index (κ1) is 19.8. The van der Waals surface area contributed by atoms with Crippen LogP contribution in [0, 0.1) is 3.95 Å². The van der Waals surface area contributed by atoms with Gasteiger partial charge in [0.2, 0.25) is 5.13 Å². The maximum Gasteiger partial charge on any atom is 0.333 e. The monoisotopic (exact) mass is 456 g/mol. The minimum atomic E-state index is -0.567. The number of amides is 1. The molecule has 0 spiro atoms. The summed E-state index contributed by atoms with van der Waals surface area (Å²) in [5, 5.41) is 12.6. The van der Waals surface area contributed by atoms with E-state index in [1.165, 1.54) is 35.6 Å². The standard InChI is InChI=1S/C18H12N6O3S3/c25-13(20-15(28)21-16-22-23-18(29)30-16)9-5-7-10(8-6-9)24-14(26)11-3-1-2-4-12(11)19-17(24)27/h1-8H,(H,19,27)(H,23,29)(H2,20,21,22,25,28). The molecule has 4 rings (SSSR count). The van der Waals surface area contributed by atoms with Crippen molar-refractivity contribution in [3.8, 4) is 5.69 Å². The van der Waals surface area contributed by atoms with Gasteiger partial charge in [-0.25, -0.2) is 9.36 Å². The van der Waals surface area contributed by atoms with Crippen LogP contribution < -0.4 is 21.9 Å². The second-order valence-electron chi connectivity index (χ2n) is 5.99. The van der Waals surface area contributed by atoms with E-state index in [1.54, 1.807) is 24.3 Å². The number of aromatic amines is 2. The molecule has 2 aromatic carbocycles. The topological polar surface area (TPSA) is 125 Å². The lowest BCUT2D eigenvalue weighted by Gasteiger charge is -2.09. The summed E-state index contributed by atoms with van der Waals surface area (Å²) in [7, 11) is 0. The fourth-order valence-corrected chi connectivity index (χ4v) is 3.79. The number of carbonyl (C=O) groups is 1. The molecule has 0 bridgehead atoms. The lowest BCUT2D eigenvalue weighted by Crippen LogP contribution is -2.34. The maximum atomic E-state index is 12.7. The molecule has 2 aromatic heterocycles. The summed E-state index contributed by atoms with van der Waals surface area (Å²) in [6, 6.07) is 12.8. The molecule has 0 aliphatic heterocycles. The lowest BCUT2D eigenvalue weighted by atomic mass is 10.2. The first-order valence-electron chi connectivity index (χ1n) is 8.45. The number of nitrogens with one attached hydrogen (secondary N) is 4. The molecule has 150 valence electrons. The third-order valence-electron chi connectivity index (χ3n) is 4.08. The summed E-state index contributed by atoms with van der Waals surface area (Å²) in [6.45, 7) is 0. The van der Waals surface area contributed by atoms with Crippen LogP contribution in [0.2, 0.25) is 0 Å². The molecule has 12 heteroatoms. The van der Waals surface area contributed by atoms with Crippen molar-refractivity contribution in [3.63, 3.8) is 0 Å². The van der Waals surface area contributed by atoms with Crippen molar-refractivity contribution in [1.82, 2.24) is 25.1 Å². The van der Waals surface area contributed by atoms with Crippen molar-refractivity contribution in [2.45, 2.75) is 0 Å². The molecule has 2 heterocycles. The molecule has 30 heavy (non-hydrogen) atoms. The molecule has 0 atom stereocenters. The Bertz CT molecular complexity index is 1450. The summed E-state index contributed by atoms with van der Waals surface area (Å²) in [5.41, 5.74) is 0.0751. The second kappa shape index (κ2) is 8.10. The van der Waals surface area contributed by atoms with Gasteiger partial charge in [-0.15, -0.1) is 5.10 Å². The van der Waals surface area contributed by atoms with Crippen LogP contribution in [0.25, 0.3) is 16.6 Å². The van der Waals surface area contributed by atoms with Gasteiger partial charge >= 0.3 is 5.69 Å². The van der Waals surface area contributed by atoms with Crippen LogP contribution in [0.3, 0.4) is 0 Å². The van der Waals surface area contributed by atoms with E-state index >= 15 is 0 Å². The molecule has 0 saturated carbocycles. The van der Waals surface area contributed by atoms with Crippen LogP contribution in [0.5, 0.6) is 0 Å². The highest BCUT2D eigenvalue weighted by Crippen LogP contribution is 2.11. The molecule has 4 N–H and O–H groups in total. The van der Waals surface area contributed by atoms with E-state index in [-0.39, 0.29) is 5.11 Å². The van der Waals surface area contributed by atoms with E-state index in [0.717, 1.165) is 4.57 Å². The molecule has 0 radical (unpaired) electrons. The van der Waals surface area contributed by atoms with E-state index < -0.39 is 17.2 Å². The summed E-state index contributed by atoms with van der Waals surface area (Å²) < 4.78 is 1.49. The predicted octanol–water partition coefficient (Wildman–Crippen LogP) is 2.32. The average Bonchev–Trinajstić information content (AvgIpc) is 3.12. The Balaban J connectivity index is 1.56.